The average molecular weight is 401 g/mol. The van der Waals surface area contributed by atoms with E-state index in [1.807, 2.05) is 32.0 Å². The van der Waals surface area contributed by atoms with Crippen molar-refractivity contribution in [1.82, 2.24) is 4.31 Å². The van der Waals surface area contributed by atoms with Crippen LogP contribution in [0.4, 0.5) is 5.69 Å². The van der Waals surface area contributed by atoms with Crippen molar-refractivity contribution in [3.05, 3.63) is 59.7 Å². The zero-order valence-corrected chi connectivity index (χ0v) is 17.3. The van der Waals surface area contributed by atoms with Gasteiger partial charge in [-0.3, -0.25) is 4.79 Å². The summed E-state index contributed by atoms with van der Waals surface area (Å²) in [6.45, 7) is 3.76. The molecule has 0 aromatic heterocycles. The van der Waals surface area contributed by atoms with Crippen LogP contribution in [0.5, 0.6) is 0 Å². The molecule has 0 spiro atoms. The molecule has 2 aromatic rings. The number of nitrogens with one attached hydrogen (secondary N) is 1. The molecule has 1 aliphatic rings. The second-order valence-corrected chi connectivity index (χ2v) is 9.41. The van der Waals surface area contributed by atoms with Gasteiger partial charge in [0.15, 0.2) is 0 Å². The smallest absolute Gasteiger partial charge is 0.243 e. The summed E-state index contributed by atoms with van der Waals surface area (Å²) in [5.41, 5.74) is 2.80. The van der Waals surface area contributed by atoms with E-state index >= 15 is 0 Å². The van der Waals surface area contributed by atoms with Crippen molar-refractivity contribution >= 4 is 21.6 Å². The highest BCUT2D eigenvalue weighted by molar-refractivity contribution is 7.89. The number of benzene rings is 2. The molecular weight excluding hydrogens is 372 g/mol. The average Bonchev–Trinajstić information content (AvgIpc) is 2.69. The standard InChI is InChI=1S/C22H28N2O3S/c1-17-13-14-21(18(2)15-17)23-22(25)16-24(19-9-5-3-6-10-19)28(26,27)20-11-7-4-8-12-20/h4,7-8,11-15,19H,3,5-6,9-10,16H2,1-2H3,(H,23,25). The van der Waals surface area contributed by atoms with E-state index in [1.54, 1.807) is 30.3 Å². The number of carbonyl (C=O) groups is 1. The molecule has 3 rings (SSSR count). The van der Waals surface area contributed by atoms with Gasteiger partial charge in [0.1, 0.15) is 0 Å². The van der Waals surface area contributed by atoms with Crippen LogP contribution in [0.2, 0.25) is 0 Å². The third-order valence-electron chi connectivity index (χ3n) is 5.29. The lowest BCUT2D eigenvalue weighted by atomic mass is 9.95. The summed E-state index contributed by atoms with van der Waals surface area (Å²) >= 11 is 0. The molecule has 0 radical (unpaired) electrons. The van der Waals surface area contributed by atoms with Gasteiger partial charge in [-0.05, 0) is 50.5 Å². The Morgan fingerprint density at radius 1 is 1.04 bits per heavy atom. The van der Waals surface area contributed by atoms with Gasteiger partial charge in [-0.15, -0.1) is 0 Å². The topological polar surface area (TPSA) is 66.5 Å². The van der Waals surface area contributed by atoms with Crippen LogP contribution in [-0.2, 0) is 14.8 Å². The number of hydrogen-bond donors (Lipinski definition) is 1. The van der Waals surface area contributed by atoms with Crippen LogP contribution in [0.15, 0.2) is 53.4 Å². The number of rotatable bonds is 6. The van der Waals surface area contributed by atoms with Crippen molar-refractivity contribution in [2.24, 2.45) is 0 Å². The van der Waals surface area contributed by atoms with Gasteiger partial charge in [0.25, 0.3) is 0 Å². The minimum atomic E-state index is -3.73. The molecule has 1 amide bonds. The highest BCUT2D eigenvalue weighted by atomic mass is 32.2. The van der Waals surface area contributed by atoms with E-state index in [4.69, 9.17) is 0 Å². The Hall–Kier alpha value is -2.18. The second kappa shape index (κ2) is 8.88. The number of carbonyl (C=O) groups excluding carboxylic acids is 1. The van der Waals surface area contributed by atoms with Gasteiger partial charge >= 0.3 is 0 Å². The van der Waals surface area contributed by atoms with Crippen LogP contribution in [0.1, 0.15) is 43.2 Å². The molecule has 28 heavy (non-hydrogen) atoms. The summed E-state index contributed by atoms with van der Waals surface area (Å²) in [5, 5.41) is 2.89. The van der Waals surface area contributed by atoms with Crippen molar-refractivity contribution < 1.29 is 13.2 Å². The third-order valence-corrected chi connectivity index (χ3v) is 7.20. The molecule has 1 saturated carbocycles. The van der Waals surface area contributed by atoms with Gasteiger partial charge in [0.05, 0.1) is 11.4 Å². The van der Waals surface area contributed by atoms with Crippen LogP contribution in [0.3, 0.4) is 0 Å². The first-order valence-electron chi connectivity index (χ1n) is 9.82. The minimum Gasteiger partial charge on any atom is -0.325 e. The fourth-order valence-corrected chi connectivity index (χ4v) is 5.45. The van der Waals surface area contributed by atoms with Crippen LogP contribution in [0, 0.1) is 13.8 Å². The van der Waals surface area contributed by atoms with E-state index in [-0.39, 0.29) is 23.4 Å². The molecule has 6 heteroatoms. The fraction of sp³-hybridized carbons (Fsp3) is 0.409. The lowest BCUT2D eigenvalue weighted by Gasteiger charge is -2.33. The van der Waals surface area contributed by atoms with Crippen LogP contribution >= 0.6 is 0 Å². The van der Waals surface area contributed by atoms with Crippen molar-refractivity contribution in [2.75, 3.05) is 11.9 Å². The first-order valence-corrected chi connectivity index (χ1v) is 11.3. The predicted molar refractivity (Wildman–Crippen MR) is 112 cm³/mol. The van der Waals surface area contributed by atoms with Gasteiger partial charge in [0.2, 0.25) is 15.9 Å². The third kappa shape index (κ3) is 4.80. The quantitative estimate of drug-likeness (QED) is 0.788. The highest BCUT2D eigenvalue weighted by Gasteiger charge is 2.33. The largest absolute Gasteiger partial charge is 0.325 e. The first kappa shape index (κ1) is 20.6. The van der Waals surface area contributed by atoms with E-state index in [2.05, 4.69) is 5.32 Å². The molecule has 0 bridgehead atoms. The summed E-state index contributed by atoms with van der Waals surface area (Å²) in [5.74, 6) is -0.308. The molecule has 150 valence electrons. The maximum Gasteiger partial charge on any atom is 0.243 e. The minimum absolute atomic E-state index is 0.135. The van der Waals surface area contributed by atoms with Gasteiger partial charge < -0.3 is 5.32 Å². The molecule has 1 aliphatic carbocycles. The van der Waals surface area contributed by atoms with Gasteiger partial charge in [-0.2, -0.15) is 4.31 Å². The molecule has 0 unspecified atom stereocenters. The Morgan fingerprint density at radius 3 is 2.36 bits per heavy atom. The maximum atomic E-state index is 13.3. The van der Waals surface area contributed by atoms with E-state index in [9.17, 15) is 13.2 Å². The first-order chi connectivity index (χ1) is 13.4. The molecule has 0 heterocycles. The number of aryl methyl sites for hydroxylation is 2. The van der Waals surface area contributed by atoms with Crippen LogP contribution in [-0.4, -0.2) is 31.2 Å². The number of anilines is 1. The van der Waals surface area contributed by atoms with Crippen molar-refractivity contribution in [3.63, 3.8) is 0 Å². The molecule has 5 nitrogen and oxygen atoms in total. The second-order valence-electron chi connectivity index (χ2n) is 7.52. The summed E-state index contributed by atoms with van der Waals surface area (Å²) in [7, 11) is -3.73. The Balaban J connectivity index is 1.83. The van der Waals surface area contributed by atoms with Gasteiger partial charge in [-0.1, -0.05) is 55.2 Å². The lowest BCUT2D eigenvalue weighted by molar-refractivity contribution is -0.116. The normalized spacial score (nSPS) is 15.5. The summed E-state index contributed by atoms with van der Waals surface area (Å²) in [4.78, 5) is 13.0. The van der Waals surface area contributed by atoms with Crippen molar-refractivity contribution in [1.29, 1.82) is 0 Å². The molecule has 0 saturated heterocycles. The molecule has 2 aromatic carbocycles. The van der Waals surface area contributed by atoms with E-state index in [1.165, 1.54) is 4.31 Å². The van der Waals surface area contributed by atoms with E-state index in [0.29, 0.717) is 0 Å². The highest BCUT2D eigenvalue weighted by Crippen LogP contribution is 2.28. The monoisotopic (exact) mass is 400 g/mol. The number of sulfonamides is 1. The number of amides is 1. The SMILES string of the molecule is Cc1ccc(NC(=O)CN(C2CCCCC2)S(=O)(=O)c2ccccc2)c(C)c1. The molecular formula is C22H28N2O3S. The Bertz CT molecular complexity index is 920. The lowest BCUT2D eigenvalue weighted by Crippen LogP contribution is -2.45. The van der Waals surface area contributed by atoms with E-state index in [0.717, 1.165) is 48.9 Å². The summed E-state index contributed by atoms with van der Waals surface area (Å²) < 4.78 is 28.0. The Morgan fingerprint density at radius 2 is 1.71 bits per heavy atom. The summed E-state index contributed by atoms with van der Waals surface area (Å²) in [6.07, 6.45) is 4.69. The van der Waals surface area contributed by atoms with Crippen LogP contribution < -0.4 is 5.32 Å². The molecule has 0 aliphatic heterocycles. The Labute approximate surface area is 167 Å². The maximum absolute atomic E-state index is 13.3. The molecule has 0 atom stereocenters. The molecule has 1 fully saturated rings. The predicted octanol–water partition coefficient (Wildman–Crippen LogP) is 4.27. The van der Waals surface area contributed by atoms with Crippen LogP contribution in [0.25, 0.3) is 0 Å². The number of nitrogens with zero attached hydrogens (tertiary/aromatic N) is 1. The van der Waals surface area contributed by atoms with Gasteiger partial charge in [0, 0.05) is 11.7 Å². The summed E-state index contributed by atoms with van der Waals surface area (Å²) in [6, 6.07) is 14.0. The van der Waals surface area contributed by atoms with Gasteiger partial charge in [-0.25, -0.2) is 8.42 Å². The zero-order valence-electron chi connectivity index (χ0n) is 16.5. The van der Waals surface area contributed by atoms with E-state index < -0.39 is 10.0 Å². The van der Waals surface area contributed by atoms with Crippen molar-refractivity contribution in [3.8, 4) is 0 Å². The zero-order chi connectivity index (χ0) is 20.1. The Kier molecular flexibility index (Phi) is 6.52. The molecule has 1 N–H and O–H groups in total. The number of hydrogen-bond acceptors (Lipinski definition) is 3. The van der Waals surface area contributed by atoms with Crippen molar-refractivity contribution in [2.45, 2.75) is 56.9 Å². The fourth-order valence-electron chi connectivity index (χ4n) is 3.79.